The normalized spacial score (nSPS) is 16.9. The zero-order valence-corrected chi connectivity index (χ0v) is 28.1. The SMILES string of the molecule is CNC(=O)c1c(-c2ccc(C)cc2)oc2nc(NS(=O)(=O)CCCC[C@H](C)C(=O)N3C(=O)OC[C@@H]3Cc3ccccc3)c(C3CC3)cc12. The number of ether oxygens (including phenoxy) is 1. The largest absolute Gasteiger partial charge is 0.447 e. The van der Waals surface area contributed by atoms with Gasteiger partial charge in [0.25, 0.3) is 5.91 Å². The molecule has 11 nitrogen and oxygen atoms in total. The molecule has 2 aromatic heterocycles. The van der Waals surface area contributed by atoms with Crippen molar-refractivity contribution in [2.45, 2.75) is 64.3 Å². The van der Waals surface area contributed by atoms with E-state index in [1.165, 1.54) is 4.90 Å². The molecule has 12 heteroatoms. The van der Waals surface area contributed by atoms with Gasteiger partial charge in [0.1, 0.15) is 18.2 Å². The predicted molar refractivity (Wildman–Crippen MR) is 182 cm³/mol. The Bertz CT molecular complexity index is 1940. The molecule has 2 aromatic carbocycles. The van der Waals surface area contributed by atoms with Crippen LogP contribution in [0.15, 0.2) is 65.1 Å². The number of aryl methyl sites for hydroxylation is 1. The van der Waals surface area contributed by atoms with Crippen LogP contribution >= 0.6 is 0 Å². The molecule has 4 aromatic rings. The highest BCUT2D eigenvalue weighted by Crippen LogP contribution is 2.45. The number of fused-ring (bicyclic) bond motifs is 1. The van der Waals surface area contributed by atoms with Gasteiger partial charge in [-0.3, -0.25) is 14.3 Å². The van der Waals surface area contributed by atoms with Crippen molar-refractivity contribution in [2.24, 2.45) is 5.92 Å². The highest BCUT2D eigenvalue weighted by Gasteiger charge is 2.39. The Labute approximate surface area is 280 Å². The van der Waals surface area contributed by atoms with Crippen molar-refractivity contribution < 1.29 is 32.0 Å². The maximum atomic E-state index is 13.3. The van der Waals surface area contributed by atoms with Crippen molar-refractivity contribution >= 4 is 44.8 Å². The number of amides is 3. The summed E-state index contributed by atoms with van der Waals surface area (Å²) in [7, 11) is -2.25. The summed E-state index contributed by atoms with van der Waals surface area (Å²) in [5, 5.41) is 3.22. The van der Waals surface area contributed by atoms with Crippen LogP contribution in [0.5, 0.6) is 0 Å². The summed E-state index contributed by atoms with van der Waals surface area (Å²) in [5.41, 5.74) is 4.05. The molecule has 3 amide bonds. The smallest absolute Gasteiger partial charge is 0.416 e. The van der Waals surface area contributed by atoms with E-state index in [2.05, 4.69) is 15.0 Å². The van der Waals surface area contributed by atoms with Crippen molar-refractivity contribution in [1.29, 1.82) is 0 Å². The Kier molecular flexibility index (Phi) is 9.54. The number of cyclic esters (lactones) is 1. The fraction of sp³-hybridized carbons (Fsp3) is 0.389. The first-order valence-corrected chi connectivity index (χ1v) is 18.0. The fourth-order valence-corrected chi connectivity index (χ4v) is 7.30. The molecule has 0 unspecified atom stereocenters. The summed E-state index contributed by atoms with van der Waals surface area (Å²) in [4.78, 5) is 44.5. The molecule has 6 rings (SSSR count). The van der Waals surface area contributed by atoms with Gasteiger partial charge in [0, 0.05) is 18.5 Å². The Hall–Kier alpha value is -4.71. The average molecular weight is 673 g/mol. The monoisotopic (exact) mass is 672 g/mol. The van der Waals surface area contributed by atoms with Crippen LogP contribution in [-0.2, 0) is 26.0 Å². The molecule has 3 heterocycles. The lowest BCUT2D eigenvalue weighted by Crippen LogP contribution is -2.43. The van der Waals surface area contributed by atoms with Gasteiger partial charge >= 0.3 is 6.09 Å². The standard InChI is InChI=1S/C36H40N4O7S/c1-22-12-14-26(15-13-22)31-30(33(41)37-3)29-20-28(25-16-17-25)32(38-34(29)47-31)39-48(44,45)18-8-7-9-23(2)35(42)40-27(21-46-36(40)43)19-24-10-5-4-6-11-24/h4-6,10-15,20,23,25,27H,7-9,16-19,21H2,1-3H3,(H,37,41)(H,38,39)/t23-,27-/m0/s1. The third kappa shape index (κ3) is 7.23. The van der Waals surface area contributed by atoms with Crippen LogP contribution in [0.1, 0.15) is 72.0 Å². The van der Waals surface area contributed by atoms with E-state index in [1.54, 1.807) is 14.0 Å². The zero-order chi connectivity index (χ0) is 34.0. The van der Waals surface area contributed by atoms with E-state index in [4.69, 9.17) is 9.15 Å². The van der Waals surface area contributed by atoms with Gasteiger partial charge in [-0.15, -0.1) is 0 Å². The molecule has 2 aliphatic rings. The third-order valence-electron chi connectivity index (χ3n) is 8.98. The minimum absolute atomic E-state index is 0.129. The minimum Gasteiger partial charge on any atom is -0.447 e. The number of anilines is 1. The lowest BCUT2D eigenvalue weighted by atomic mass is 10.0. The molecule has 0 spiro atoms. The number of hydrogen-bond acceptors (Lipinski definition) is 8. The highest BCUT2D eigenvalue weighted by molar-refractivity contribution is 7.92. The summed E-state index contributed by atoms with van der Waals surface area (Å²) >= 11 is 0. The number of sulfonamides is 1. The summed E-state index contributed by atoms with van der Waals surface area (Å²) in [5.74, 6) is -0.575. The van der Waals surface area contributed by atoms with Gasteiger partial charge in [0.05, 0.1) is 22.7 Å². The van der Waals surface area contributed by atoms with Crippen LogP contribution in [0.25, 0.3) is 22.4 Å². The summed E-state index contributed by atoms with van der Waals surface area (Å²) in [6, 6.07) is 18.7. The van der Waals surface area contributed by atoms with Crippen molar-refractivity contribution in [3.8, 4) is 11.3 Å². The van der Waals surface area contributed by atoms with Gasteiger partial charge in [0.2, 0.25) is 21.6 Å². The Morgan fingerprint density at radius 2 is 1.79 bits per heavy atom. The van der Waals surface area contributed by atoms with Gasteiger partial charge < -0.3 is 14.5 Å². The van der Waals surface area contributed by atoms with Crippen LogP contribution < -0.4 is 10.0 Å². The number of benzene rings is 2. The van der Waals surface area contributed by atoms with Gasteiger partial charge in [-0.05, 0) is 62.1 Å². The molecule has 48 heavy (non-hydrogen) atoms. The molecule has 0 radical (unpaired) electrons. The van der Waals surface area contributed by atoms with Gasteiger partial charge in [-0.2, -0.15) is 4.98 Å². The number of unbranched alkanes of at least 4 members (excludes halogenated alkanes) is 1. The van der Waals surface area contributed by atoms with E-state index < -0.39 is 22.0 Å². The molecule has 252 valence electrons. The lowest BCUT2D eigenvalue weighted by Gasteiger charge is -2.23. The second-order valence-corrected chi connectivity index (χ2v) is 14.6. The number of nitrogens with one attached hydrogen (secondary N) is 2. The van der Waals surface area contributed by atoms with Crippen LogP contribution in [0, 0.1) is 12.8 Å². The first kappa shape index (κ1) is 33.2. The minimum atomic E-state index is -3.80. The Balaban J connectivity index is 1.12. The molecule has 1 saturated carbocycles. The molecule has 2 atom stereocenters. The molecule has 0 bridgehead atoms. The molecule has 1 saturated heterocycles. The molecular formula is C36H40N4O7S. The van der Waals surface area contributed by atoms with Crippen molar-refractivity contribution in [2.75, 3.05) is 24.1 Å². The van der Waals surface area contributed by atoms with E-state index in [0.717, 1.165) is 29.5 Å². The number of imide groups is 1. The molecule has 2 fully saturated rings. The van der Waals surface area contributed by atoms with Gasteiger partial charge in [-0.25, -0.2) is 18.1 Å². The van der Waals surface area contributed by atoms with E-state index in [0.29, 0.717) is 48.0 Å². The molecule has 1 aliphatic heterocycles. The van der Waals surface area contributed by atoms with E-state index in [9.17, 15) is 22.8 Å². The van der Waals surface area contributed by atoms with Gasteiger partial charge in [0.15, 0.2) is 0 Å². The van der Waals surface area contributed by atoms with Crippen molar-refractivity contribution in [3.05, 3.63) is 82.9 Å². The first-order valence-electron chi connectivity index (χ1n) is 16.4. The number of aromatic nitrogens is 1. The number of hydrogen-bond donors (Lipinski definition) is 2. The van der Waals surface area contributed by atoms with E-state index >= 15 is 0 Å². The summed E-state index contributed by atoms with van der Waals surface area (Å²) in [6.07, 6.45) is 2.85. The third-order valence-corrected chi connectivity index (χ3v) is 10.3. The summed E-state index contributed by atoms with van der Waals surface area (Å²) < 4.78 is 40.6. The first-order chi connectivity index (χ1) is 23.0. The number of carbonyl (C=O) groups excluding carboxylic acids is 3. The quantitative estimate of drug-likeness (QED) is 0.160. The Morgan fingerprint density at radius 1 is 1.06 bits per heavy atom. The maximum Gasteiger partial charge on any atom is 0.416 e. The van der Waals surface area contributed by atoms with E-state index in [1.807, 2.05) is 67.6 Å². The average Bonchev–Trinajstić information content (AvgIpc) is 3.76. The lowest BCUT2D eigenvalue weighted by molar-refractivity contribution is -0.133. The summed E-state index contributed by atoms with van der Waals surface area (Å²) in [6.45, 7) is 3.87. The van der Waals surface area contributed by atoms with Gasteiger partial charge in [-0.1, -0.05) is 73.5 Å². The fourth-order valence-electron chi connectivity index (χ4n) is 6.15. The number of nitrogens with zero attached hydrogens (tertiary/aromatic N) is 2. The van der Waals surface area contributed by atoms with Crippen LogP contribution in [0.4, 0.5) is 10.6 Å². The number of rotatable bonds is 13. The van der Waals surface area contributed by atoms with Crippen molar-refractivity contribution in [3.63, 3.8) is 0 Å². The topological polar surface area (TPSA) is 148 Å². The molecule has 2 N–H and O–H groups in total. The van der Waals surface area contributed by atoms with E-state index in [-0.39, 0.29) is 47.7 Å². The van der Waals surface area contributed by atoms with Crippen LogP contribution in [0.3, 0.4) is 0 Å². The predicted octanol–water partition coefficient (Wildman–Crippen LogP) is 6.18. The number of pyridine rings is 1. The maximum absolute atomic E-state index is 13.3. The molecule has 1 aliphatic carbocycles. The van der Waals surface area contributed by atoms with Crippen molar-refractivity contribution in [1.82, 2.24) is 15.2 Å². The highest BCUT2D eigenvalue weighted by atomic mass is 32.2. The number of furan rings is 1. The second-order valence-electron chi connectivity index (χ2n) is 12.8. The van der Waals surface area contributed by atoms with Crippen LogP contribution in [0.2, 0.25) is 0 Å². The second kappa shape index (κ2) is 13.8. The zero-order valence-electron chi connectivity index (χ0n) is 27.3. The molecular weight excluding hydrogens is 632 g/mol. The number of carbonyl (C=O) groups is 3. The van der Waals surface area contributed by atoms with Crippen LogP contribution in [-0.4, -0.2) is 61.7 Å². The Morgan fingerprint density at radius 3 is 2.48 bits per heavy atom.